The SMILES string of the molecule is C[Si]1(C)CO[Si](C)(C)O[Si](C)(C)O[Si](C)(C)O[Si](C)(C)O[Si](C)(C)O1. The summed E-state index contributed by atoms with van der Waals surface area (Å²) in [5.74, 6) is 0. The number of hydrogen-bond acceptors (Lipinski definition) is 6. The zero-order valence-corrected chi connectivity index (χ0v) is 24.2. The van der Waals surface area contributed by atoms with Crippen LogP contribution in [0.1, 0.15) is 0 Å². The standard InChI is InChI=1S/C13H38O6Si6/c1-20(2)13-14-21(3,4)16-23(7,8)18-25(11,12)19-24(9,10)17-22(5,6)15-20/h13H2,1-12H3. The van der Waals surface area contributed by atoms with Crippen LogP contribution in [0.25, 0.3) is 0 Å². The number of rotatable bonds is 0. The molecule has 0 N–H and O–H groups in total. The van der Waals surface area contributed by atoms with Crippen molar-refractivity contribution in [2.75, 3.05) is 6.23 Å². The van der Waals surface area contributed by atoms with Gasteiger partial charge in [0, 0.05) is 0 Å². The Balaban J connectivity index is 3.21. The van der Waals surface area contributed by atoms with Crippen LogP contribution in [-0.2, 0) is 25.0 Å². The molecule has 150 valence electrons. The molecule has 0 aromatic rings. The van der Waals surface area contributed by atoms with Crippen LogP contribution < -0.4 is 0 Å². The average Bonchev–Trinajstić information content (AvgIpc) is 2.16. The summed E-state index contributed by atoms with van der Waals surface area (Å²) in [5, 5.41) is 0. The first kappa shape index (κ1) is 24.1. The summed E-state index contributed by atoms with van der Waals surface area (Å²) in [7, 11) is -13.8. The molecule has 0 unspecified atom stereocenters. The largest absolute Gasteiger partial charge is 0.435 e. The summed E-state index contributed by atoms with van der Waals surface area (Å²) in [6, 6.07) is 0. The maximum absolute atomic E-state index is 6.53. The van der Waals surface area contributed by atoms with E-state index in [-0.39, 0.29) is 0 Å². The van der Waals surface area contributed by atoms with Gasteiger partial charge in [0.15, 0.2) is 8.32 Å². The molecule has 1 heterocycles. The molecule has 0 bridgehead atoms. The molecule has 0 saturated carbocycles. The van der Waals surface area contributed by atoms with E-state index < -0.39 is 51.1 Å². The van der Waals surface area contributed by atoms with Gasteiger partial charge in [-0.3, -0.25) is 0 Å². The van der Waals surface area contributed by atoms with Gasteiger partial charge in [0.2, 0.25) is 0 Å². The van der Waals surface area contributed by atoms with Crippen LogP contribution in [0.4, 0.5) is 0 Å². The quantitative estimate of drug-likeness (QED) is 0.503. The molecule has 12 heteroatoms. The highest BCUT2D eigenvalue weighted by Crippen LogP contribution is 2.29. The van der Waals surface area contributed by atoms with Crippen molar-refractivity contribution in [3.8, 4) is 0 Å². The summed E-state index contributed by atoms with van der Waals surface area (Å²) in [6.07, 6.45) is 0.611. The van der Waals surface area contributed by atoms with E-state index in [0.717, 1.165) is 0 Å². The Kier molecular flexibility index (Phi) is 7.20. The first-order valence-electron chi connectivity index (χ1n) is 8.89. The van der Waals surface area contributed by atoms with E-state index in [1.807, 2.05) is 0 Å². The Morgan fingerprint density at radius 1 is 0.400 bits per heavy atom. The molecule has 1 aliphatic heterocycles. The van der Waals surface area contributed by atoms with Gasteiger partial charge in [-0.25, -0.2) is 0 Å². The van der Waals surface area contributed by atoms with E-state index in [1.54, 1.807) is 0 Å². The fraction of sp³-hybridized carbons (Fsp3) is 1.00. The van der Waals surface area contributed by atoms with Gasteiger partial charge in [0.05, 0.1) is 6.23 Å². The van der Waals surface area contributed by atoms with Crippen LogP contribution in [0.5, 0.6) is 0 Å². The van der Waals surface area contributed by atoms with Gasteiger partial charge < -0.3 is 25.0 Å². The molecule has 0 aromatic heterocycles. The minimum absolute atomic E-state index is 0.611. The second-order valence-corrected chi connectivity index (χ2v) is 31.7. The van der Waals surface area contributed by atoms with Gasteiger partial charge >= 0.3 is 42.8 Å². The average molecular weight is 459 g/mol. The highest BCUT2D eigenvalue weighted by molar-refractivity contribution is 6.91. The molecule has 0 spiro atoms. The predicted molar refractivity (Wildman–Crippen MR) is 116 cm³/mol. The van der Waals surface area contributed by atoms with E-state index in [4.69, 9.17) is 25.0 Å². The van der Waals surface area contributed by atoms with E-state index in [0.29, 0.717) is 6.23 Å². The Morgan fingerprint density at radius 3 is 1.04 bits per heavy atom. The second-order valence-electron chi connectivity index (χ2n) is 9.56. The first-order valence-corrected chi connectivity index (χ1v) is 26.1. The van der Waals surface area contributed by atoms with Crippen LogP contribution in [0, 0.1) is 0 Å². The molecule has 1 saturated heterocycles. The molecule has 0 amide bonds. The van der Waals surface area contributed by atoms with E-state index in [9.17, 15) is 0 Å². The summed E-state index contributed by atoms with van der Waals surface area (Å²) < 4.78 is 38.6. The third kappa shape index (κ3) is 9.20. The lowest BCUT2D eigenvalue weighted by Gasteiger charge is -2.41. The Labute approximate surface area is 160 Å². The molecule has 1 aliphatic rings. The lowest BCUT2D eigenvalue weighted by Crippen LogP contribution is -2.59. The van der Waals surface area contributed by atoms with Crippen molar-refractivity contribution >= 4 is 51.1 Å². The van der Waals surface area contributed by atoms with Crippen LogP contribution in [0.2, 0.25) is 78.6 Å². The summed E-state index contributed by atoms with van der Waals surface area (Å²) >= 11 is 0. The third-order valence-corrected chi connectivity index (χ3v) is 25.1. The van der Waals surface area contributed by atoms with Crippen LogP contribution >= 0.6 is 0 Å². The summed E-state index contributed by atoms with van der Waals surface area (Å²) in [6.45, 7) is 25.2. The van der Waals surface area contributed by atoms with Gasteiger partial charge in [0.1, 0.15) is 0 Å². The minimum atomic E-state index is -2.40. The Bertz CT molecular complexity index is 438. The molecule has 1 fully saturated rings. The normalized spacial score (nSPS) is 31.2. The monoisotopic (exact) mass is 458 g/mol. The lowest BCUT2D eigenvalue weighted by atomic mass is 11.7. The molecule has 6 nitrogen and oxygen atoms in total. The molecule has 1 rings (SSSR count). The van der Waals surface area contributed by atoms with Crippen molar-refractivity contribution in [2.45, 2.75) is 78.6 Å². The van der Waals surface area contributed by atoms with Crippen molar-refractivity contribution in [1.29, 1.82) is 0 Å². The zero-order chi connectivity index (χ0) is 19.9. The fourth-order valence-corrected chi connectivity index (χ4v) is 33.2. The van der Waals surface area contributed by atoms with Crippen molar-refractivity contribution in [1.82, 2.24) is 0 Å². The highest BCUT2D eigenvalue weighted by atomic mass is 28.5. The minimum Gasteiger partial charge on any atom is -0.435 e. The fourth-order valence-electron chi connectivity index (χ4n) is 3.52. The highest BCUT2D eigenvalue weighted by Gasteiger charge is 2.49. The molecule has 0 atom stereocenters. The van der Waals surface area contributed by atoms with Crippen molar-refractivity contribution in [3.63, 3.8) is 0 Å². The van der Waals surface area contributed by atoms with E-state index in [2.05, 4.69) is 78.6 Å². The van der Waals surface area contributed by atoms with Gasteiger partial charge in [-0.2, -0.15) is 0 Å². The molecular formula is C13H38O6Si6. The Morgan fingerprint density at radius 2 is 0.680 bits per heavy atom. The molecule has 0 aliphatic carbocycles. The van der Waals surface area contributed by atoms with E-state index in [1.165, 1.54) is 0 Å². The van der Waals surface area contributed by atoms with Crippen molar-refractivity contribution in [2.24, 2.45) is 0 Å². The maximum atomic E-state index is 6.53. The molecule has 25 heavy (non-hydrogen) atoms. The molecule has 0 radical (unpaired) electrons. The zero-order valence-electron chi connectivity index (χ0n) is 18.2. The van der Waals surface area contributed by atoms with Crippen LogP contribution in [0.3, 0.4) is 0 Å². The first-order chi connectivity index (χ1) is 10.7. The van der Waals surface area contributed by atoms with Gasteiger partial charge in [-0.1, -0.05) is 0 Å². The van der Waals surface area contributed by atoms with Gasteiger partial charge in [-0.15, -0.1) is 0 Å². The second kappa shape index (κ2) is 7.47. The van der Waals surface area contributed by atoms with Gasteiger partial charge in [-0.05, 0) is 78.6 Å². The predicted octanol–water partition coefficient (Wildman–Crippen LogP) is 4.35. The smallest absolute Gasteiger partial charge is 0.322 e. The van der Waals surface area contributed by atoms with E-state index >= 15 is 0 Å². The number of hydrogen-bond donors (Lipinski definition) is 0. The summed E-state index contributed by atoms with van der Waals surface area (Å²) in [5.41, 5.74) is 0. The lowest BCUT2D eigenvalue weighted by molar-refractivity contribution is 0.246. The maximum Gasteiger partial charge on any atom is 0.322 e. The van der Waals surface area contributed by atoms with Crippen molar-refractivity contribution in [3.05, 3.63) is 0 Å². The Hall–Kier alpha value is 1.06. The molecular weight excluding hydrogens is 421 g/mol. The van der Waals surface area contributed by atoms with Crippen LogP contribution in [-0.4, -0.2) is 57.4 Å². The molecule has 0 aromatic carbocycles. The summed E-state index contributed by atoms with van der Waals surface area (Å²) in [4.78, 5) is 0. The third-order valence-electron chi connectivity index (χ3n) is 3.26. The topological polar surface area (TPSA) is 55.4 Å². The van der Waals surface area contributed by atoms with Gasteiger partial charge in [0.25, 0.3) is 0 Å². The van der Waals surface area contributed by atoms with Crippen LogP contribution in [0.15, 0.2) is 0 Å². The van der Waals surface area contributed by atoms with Crippen molar-refractivity contribution < 1.29 is 25.0 Å².